The highest BCUT2D eigenvalue weighted by Crippen LogP contribution is 2.53. The fourth-order valence-corrected chi connectivity index (χ4v) is 14.1. The summed E-state index contributed by atoms with van der Waals surface area (Å²) in [6.45, 7) is 21.0. The van der Waals surface area contributed by atoms with E-state index in [1.165, 1.54) is 0 Å². The van der Waals surface area contributed by atoms with Crippen LogP contribution in [0.1, 0.15) is 65.2 Å². The number of rotatable bonds is 13. The average molecular weight is 673 g/mol. The summed E-state index contributed by atoms with van der Waals surface area (Å²) < 4.78 is 18.9. The Morgan fingerprint density at radius 3 is 2.12 bits per heavy atom. The quantitative estimate of drug-likeness (QED) is 0.132. The number of nitrogens with zero attached hydrogens (tertiary/aromatic N) is 2. The van der Waals surface area contributed by atoms with Crippen molar-refractivity contribution in [2.24, 2.45) is 11.8 Å². The maximum atomic E-state index is 14.6. The molecule has 5 atom stereocenters. The second-order valence-electron chi connectivity index (χ2n) is 14.3. The van der Waals surface area contributed by atoms with Crippen LogP contribution in [-0.2, 0) is 48.0 Å². The molecule has 3 aliphatic heterocycles. The molecule has 0 bridgehead atoms. The lowest BCUT2D eigenvalue weighted by Crippen LogP contribution is -2.54. The summed E-state index contributed by atoms with van der Waals surface area (Å²) >= 11 is 0. The molecule has 0 radical (unpaired) electrons. The Morgan fingerprint density at radius 2 is 1.54 bits per heavy atom. The van der Waals surface area contributed by atoms with Crippen LogP contribution < -0.4 is 0 Å². The molecule has 258 valence electrons. The third-order valence-electron chi connectivity index (χ3n) is 10.7. The number of ether oxygens (including phenoxy) is 2. The summed E-state index contributed by atoms with van der Waals surface area (Å²) in [6, 6.07) is 16.9. The van der Waals surface area contributed by atoms with Gasteiger partial charge in [-0.1, -0.05) is 114 Å². The molecule has 0 saturated carbocycles. The molecule has 5 rings (SSSR count). The number of carbonyl (C=O) groups excluding carboxylic acids is 3. The molecule has 0 aliphatic carbocycles. The van der Waals surface area contributed by atoms with E-state index in [1.54, 1.807) is 22.8 Å². The smallest absolute Gasteiger partial charge is 0.312 e. The maximum Gasteiger partial charge on any atom is 0.312 e. The molecule has 2 aromatic carbocycles. The van der Waals surface area contributed by atoms with Gasteiger partial charge in [-0.25, -0.2) is 0 Å². The summed E-state index contributed by atoms with van der Waals surface area (Å²) in [5, 5.41) is 0. The van der Waals surface area contributed by atoms with Gasteiger partial charge in [-0.3, -0.25) is 14.4 Å². The third-order valence-corrected chi connectivity index (χ3v) is 16.7. The molecular formula is C39H52N2O6Si. The Morgan fingerprint density at radius 1 is 0.938 bits per heavy atom. The Kier molecular flexibility index (Phi) is 10.8. The van der Waals surface area contributed by atoms with Gasteiger partial charge in [0, 0.05) is 19.6 Å². The van der Waals surface area contributed by atoms with Crippen LogP contribution in [0.15, 0.2) is 79.4 Å². The van der Waals surface area contributed by atoms with Crippen molar-refractivity contribution in [1.29, 1.82) is 0 Å². The van der Waals surface area contributed by atoms with E-state index in [-0.39, 0.29) is 25.0 Å². The molecule has 8 nitrogen and oxygen atoms in total. The zero-order valence-corrected chi connectivity index (χ0v) is 30.6. The standard InChI is InChI=1S/C39H52N2O6Si/c1-9-32-33(38(44)45-10-2)34-36(42)41(24-30-17-19-31(20-18-30)25-46-48(26(3)4,27(5)6)28(7)8)35-37(43)40(22-14-21-39(34,35)47-32)23-29-15-12-11-13-16-29/h9,11-21,26-28,32-35H,1,10,22-25H2,2-8H3/t32-,33+,34+,35-,39+/m0/s1. The van der Waals surface area contributed by atoms with E-state index in [4.69, 9.17) is 13.9 Å². The summed E-state index contributed by atoms with van der Waals surface area (Å²) in [4.78, 5) is 45.8. The number of esters is 1. The van der Waals surface area contributed by atoms with E-state index in [0.29, 0.717) is 36.3 Å². The first-order chi connectivity index (χ1) is 22.9. The SMILES string of the molecule is C=C[C@@H]1O[C@@]23C=CCN(Cc4ccccc4)C(=O)[C@@H]2N(Cc2ccc(CO[Si](C(C)C)(C(C)C)C(C)C)cc2)C(=O)[C@H]3[C@@H]1C(=O)OCC. The predicted molar refractivity (Wildman–Crippen MR) is 189 cm³/mol. The molecule has 0 N–H and O–H groups in total. The Bertz CT molecular complexity index is 1480. The first-order valence-electron chi connectivity index (χ1n) is 17.4. The minimum Gasteiger partial charge on any atom is -0.466 e. The average Bonchev–Trinajstić information content (AvgIpc) is 3.44. The Labute approximate surface area is 287 Å². The van der Waals surface area contributed by atoms with E-state index in [2.05, 4.69) is 60.3 Å². The zero-order valence-electron chi connectivity index (χ0n) is 29.6. The van der Waals surface area contributed by atoms with Crippen LogP contribution in [0.2, 0.25) is 16.6 Å². The van der Waals surface area contributed by atoms with Gasteiger partial charge in [-0.05, 0) is 40.2 Å². The van der Waals surface area contributed by atoms with Crippen LogP contribution >= 0.6 is 0 Å². The number of amides is 2. The van der Waals surface area contributed by atoms with Crippen molar-refractivity contribution < 1.29 is 28.3 Å². The second kappa shape index (κ2) is 14.5. The lowest BCUT2D eigenvalue weighted by molar-refractivity contribution is -0.154. The van der Waals surface area contributed by atoms with E-state index < -0.39 is 43.9 Å². The van der Waals surface area contributed by atoms with Crippen molar-refractivity contribution in [1.82, 2.24) is 9.80 Å². The molecular weight excluding hydrogens is 621 g/mol. The first-order valence-corrected chi connectivity index (χ1v) is 19.5. The van der Waals surface area contributed by atoms with Crippen molar-refractivity contribution in [2.45, 2.75) is 103 Å². The van der Waals surface area contributed by atoms with E-state index >= 15 is 0 Å². The Balaban J connectivity index is 1.46. The number of hydrogen-bond donors (Lipinski definition) is 0. The maximum absolute atomic E-state index is 14.6. The summed E-state index contributed by atoms with van der Waals surface area (Å²) in [7, 11) is -2.03. The number of likely N-dealkylation sites (tertiary alicyclic amines) is 1. The normalized spacial score (nSPS) is 25.5. The van der Waals surface area contributed by atoms with Gasteiger partial charge in [0.05, 0.1) is 25.2 Å². The Hall–Kier alpha value is -3.53. The number of benzene rings is 2. The monoisotopic (exact) mass is 672 g/mol. The van der Waals surface area contributed by atoms with Gasteiger partial charge in [-0.2, -0.15) is 0 Å². The second-order valence-corrected chi connectivity index (χ2v) is 19.8. The van der Waals surface area contributed by atoms with E-state index in [1.807, 2.05) is 54.6 Å². The van der Waals surface area contributed by atoms with Crippen LogP contribution in [0.25, 0.3) is 0 Å². The van der Waals surface area contributed by atoms with Gasteiger partial charge in [0.25, 0.3) is 0 Å². The molecule has 9 heteroatoms. The minimum absolute atomic E-state index is 0.172. The van der Waals surface area contributed by atoms with Crippen LogP contribution in [0, 0.1) is 11.8 Å². The summed E-state index contributed by atoms with van der Waals surface area (Å²) in [6.07, 6.45) is 4.51. The minimum atomic E-state index is -2.03. The van der Waals surface area contributed by atoms with Crippen molar-refractivity contribution in [3.8, 4) is 0 Å². The van der Waals surface area contributed by atoms with Crippen molar-refractivity contribution in [3.63, 3.8) is 0 Å². The number of hydrogen-bond acceptors (Lipinski definition) is 6. The molecule has 3 heterocycles. The van der Waals surface area contributed by atoms with Gasteiger partial charge < -0.3 is 23.7 Å². The molecule has 2 aromatic rings. The largest absolute Gasteiger partial charge is 0.466 e. The number of carbonyl (C=O) groups is 3. The highest BCUT2D eigenvalue weighted by molar-refractivity contribution is 6.77. The van der Waals surface area contributed by atoms with Crippen LogP contribution in [-0.4, -0.2) is 66.8 Å². The fraction of sp³-hybridized carbons (Fsp3) is 0.513. The van der Waals surface area contributed by atoms with Crippen molar-refractivity contribution in [3.05, 3.63) is 96.1 Å². The molecule has 48 heavy (non-hydrogen) atoms. The molecule has 3 aliphatic rings. The van der Waals surface area contributed by atoms with Crippen LogP contribution in [0.3, 0.4) is 0 Å². The van der Waals surface area contributed by atoms with E-state index in [0.717, 1.165) is 16.7 Å². The van der Waals surface area contributed by atoms with Crippen molar-refractivity contribution >= 4 is 26.1 Å². The van der Waals surface area contributed by atoms with Gasteiger partial charge >= 0.3 is 5.97 Å². The van der Waals surface area contributed by atoms with Crippen LogP contribution in [0.4, 0.5) is 0 Å². The zero-order chi connectivity index (χ0) is 34.8. The highest BCUT2D eigenvalue weighted by Gasteiger charge is 2.71. The third kappa shape index (κ3) is 6.32. The predicted octanol–water partition coefficient (Wildman–Crippen LogP) is 6.81. The topological polar surface area (TPSA) is 85.4 Å². The molecule has 2 saturated heterocycles. The lowest BCUT2D eigenvalue weighted by atomic mass is 9.78. The van der Waals surface area contributed by atoms with Gasteiger partial charge in [-0.15, -0.1) is 6.58 Å². The molecule has 2 fully saturated rings. The van der Waals surface area contributed by atoms with E-state index in [9.17, 15) is 14.4 Å². The molecule has 0 unspecified atom stereocenters. The summed E-state index contributed by atoms with van der Waals surface area (Å²) in [5.41, 5.74) is 3.06. The van der Waals surface area contributed by atoms with Gasteiger partial charge in [0.15, 0.2) is 0 Å². The van der Waals surface area contributed by atoms with Gasteiger partial charge in [0.1, 0.15) is 17.6 Å². The first kappa shape index (κ1) is 35.8. The van der Waals surface area contributed by atoms with Gasteiger partial charge in [0.2, 0.25) is 20.1 Å². The molecule has 2 amide bonds. The summed E-state index contributed by atoms with van der Waals surface area (Å²) in [5.74, 6) is -2.86. The fourth-order valence-electron chi connectivity index (χ4n) is 8.64. The van der Waals surface area contributed by atoms with Crippen LogP contribution in [0.5, 0.6) is 0 Å². The molecule has 1 spiro atoms. The highest BCUT2D eigenvalue weighted by atomic mass is 28.4. The molecule has 0 aromatic heterocycles. The van der Waals surface area contributed by atoms with Crippen molar-refractivity contribution in [2.75, 3.05) is 13.2 Å². The lowest BCUT2D eigenvalue weighted by Gasteiger charge is -2.42.